The number of rotatable bonds is 4. The molecule has 1 heterocycles. The van der Waals surface area contributed by atoms with E-state index in [-0.39, 0.29) is 5.84 Å². The van der Waals surface area contributed by atoms with Crippen molar-refractivity contribution in [1.29, 1.82) is 5.41 Å². The van der Waals surface area contributed by atoms with Gasteiger partial charge in [0.25, 0.3) is 0 Å². The molecule has 1 aliphatic carbocycles. The van der Waals surface area contributed by atoms with Gasteiger partial charge < -0.3 is 10.5 Å². The maximum absolute atomic E-state index is 7.39. The lowest BCUT2D eigenvalue weighted by atomic mass is 10.1. The predicted molar refractivity (Wildman–Crippen MR) is 60.5 cm³/mol. The van der Waals surface area contributed by atoms with Crippen molar-refractivity contribution >= 4 is 5.84 Å². The molecule has 1 fully saturated rings. The quantitative estimate of drug-likeness (QED) is 0.592. The summed E-state index contributed by atoms with van der Waals surface area (Å²) < 4.78 is 5.59. The van der Waals surface area contributed by atoms with Gasteiger partial charge in [0.1, 0.15) is 5.84 Å². The van der Waals surface area contributed by atoms with Gasteiger partial charge in [-0.15, -0.1) is 5.10 Å². The third-order valence-electron chi connectivity index (χ3n) is 2.91. The molecule has 0 unspecified atom stereocenters. The number of hydrogen-bond acceptors (Lipinski definition) is 4. The number of hydrogen-bond donors (Lipinski definition) is 2. The van der Waals surface area contributed by atoms with Crippen LogP contribution in [-0.2, 0) is 0 Å². The van der Waals surface area contributed by atoms with E-state index in [1.54, 1.807) is 6.07 Å². The van der Waals surface area contributed by atoms with E-state index in [1.165, 1.54) is 31.9 Å². The van der Waals surface area contributed by atoms with E-state index in [0.29, 0.717) is 24.0 Å². The van der Waals surface area contributed by atoms with Crippen molar-refractivity contribution in [2.75, 3.05) is 6.61 Å². The fourth-order valence-corrected chi connectivity index (χ4v) is 2.00. The minimum Gasteiger partial charge on any atom is -0.476 e. The van der Waals surface area contributed by atoms with Gasteiger partial charge >= 0.3 is 0 Å². The second-order valence-electron chi connectivity index (χ2n) is 4.13. The van der Waals surface area contributed by atoms with Gasteiger partial charge in [0.05, 0.1) is 18.4 Å². The van der Waals surface area contributed by atoms with Crippen molar-refractivity contribution in [3.8, 4) is 5.88 Å². The van der Waals surface area contributed by atoms with Crippen LogP contribution in [0.1, 0.15) is 31.2 Å². The Morgan fingerprint density at radius 3 is 2.94 bits per heavy atom. The molecule has 0 aliphatic heterocycles. The second kappa shape index (κ2) is 4.92. The highest BCUT2D eigenvalue weighted by Crippen LogP contribution is 2.25. The lowest BCUT2D eigenvalue weighted by molar-refractivity contribution is 0.240. The number of amidine groups is 1. The Kier molecular flexibility index (Phi) is 3.34. The summed E-state index contributed by atoms with van der Waals surface area (Å²) in [4.78, 5) is 0. The molecule has 86 valence electrons. The van der Waals surface area contributed by atoms with E-state index >= 15 is 0 Å². The molecule has 0 amide bonds. The van der Waals surface area contributed by atoms with Crippen molar-refractivity contribution < 1.29 is 4.74 Å². The first kappa shape index (κ1) is 10.9. The Hall–Kier alpha value is -1.65. The maximum Gasteiger partial charge on any atom is 0.244 e. The number of nitrogens with one attached hydrogen (secondary N) is 1. The zero-order valence-corrected chi connectivity index (χ0v) is 9.15. The van der Waals surface area contributed by atoms with Crippen LogP contribution in [0, 0.1) is 11.3 Å². The predicted octanol–water partition coefficient (Wildman–Crippen LogP) is 1.33. The molecule has 0 radical (unpaired) electrons. The molecule has 3 N–H and O–H groups in total. The molecular weight excluding hydrogens is 204 g/mol. The summed E-state index contributed by atoms with van der Waals surface area (Å²) in [6, 6.07) is 1.65. The lowest BCUT2D eigenvalue weighted by Gasteiger charge is -2.12. The average molecular weight is 220 g/mol. The van der Waals surface area contributed by atoms with Crippen LogP contribution in [0.15, 0.2) is 12.3 Å². The highest BCUT2D eigenvalue weighted by Gasteiger charge is 2.17. The molecule has 1 aromatic heterocycles. The highest BCUT2D eigenvalue weighted by atomic mass is 16.5. The summed E-state index contributed by atoms with van der Waals surface area (Å²) in [7, 11) is 0. The standard InChI is InChI=1S/C11H16N4O/c12-10(13)9-5-6-14-15-11(9)16-7-8-3-1-2-4-8/h5-6,8H,1-4,7H2,(H3,12,13). The molecule has 0 bridgehead atoms. The smallest absolute Gasteiger partial charge is 0.244 e. The van der Waals surface area contributed by atoms with E-state index in [4.69, 9.17) is 15.9 Å². The molecular formula is C11H16N4O. The van der Waals surface area contributed by atoms with Crippen molar-refractivity contribution in [3.63, 3.8) is 0 Å². The molecule has 1 aromatic rings. The van der Waals surface area contributed by atoms with Crippen molar-refractivity contribution in [2.45, 2.75) is 25.7 Å². The third-order valence-corrected chi connectivity index (χ3v) is 2.91. The maximum atomic E-state index is 7.39. The highest BCUT2D eigenvalue weighted by molar-refractivity contribution is 5.96. The van der Waals surface area contributed by atoms with Crippen molar-refractivity contribution in [1.82, 2.24) is 10.2 Å². The van der Waals surface area contributed by atoms with Gasteiger partial charge in [-0.1, -0.05) is 12.8 Å². The van der Waals surface area contributed by atoms with Crippen LogP contribution >= 0.6 is 0 Å². The summed E-state index contributed by atoms with van der Waals surface area (Å²) in [5.74, 6) is 0.958. The van der Waals surface area contributed by atoms with Gasteiger partial charge in [0, 0.05) is 0 Å². The topological polar surface area (TPSA) is 84.9 Å². The Morgan fingerprint density at radius 1 is 1.50 bits per heavy atom. The summed E-state index contributed by atoms with van der Waals surface area (Å²) in [5.41, 5.74) is 5.96. The van der Waals surface area contributed by atoms with Crippen LogP contribution in [0.4, 0.5) is 0 Å². The molecule has 16 heavy (non-hydrogen) atoms. The van der Waals surface area contributed by atoms with Crippen LogP contribution in [0.3, 0.4) is 0 Å². The first-order valence-corrected chi connectivity index (χ1v) is 5.56. The number of nitrogens with zero attached hydrogens (tertiary/aromatic N) is 2. The zero-order valence-electron chi connectivity index (χ0n) is 9.15. The fourth-order valence-electron chi connectivity index (χ4n) is 2.00. The number of ether oxygens (including phenoxy) is 1. The van der Waals surface area contributed by atoms with E-state index in [2.05, 4.69) is 10.2 Å². The lowest BCUT2D eigenvalue weighted by Crippen LogP contribution is -2.16. The minimum atomic E-state index is -0.0312. The Balaban J connectivity index is 2.00. The van der Waals surface area contributed by atoms with E-state index in [0.717, 1.165) is 0 Å². The van der Waals surface area contributed by atoms with Gasteiger partial charge in [0.2, 0.25) is 5.88 Å². The first-order valence-electron chi connectivity index (χ1n) is 5.56. The van der Waals surface area contributed by atoms with Crippen LogP contribution < -0.4 is 10.5 Å². The Morgan fingerprint density at radius 2 is 2.25 bits per heavy atom. The molecule has 0 atom stereocenters. The zero-order chi connectivity index (χ0) is 11.4. The molecule has 1 saturated carbocycles. The SMILES string of the molecule is N=C(N)c1ccnnc1OCC1CCCC1. The molecule has 0 saturated heterocycles. The monoisotopic (exact) mass is 220 g/mol. The number of nitrogen functional groups attached to an aromatic ring is 1. The van der Waals surface area contributed by atoms with E-state index in [9.17, 15) is 0 Å². The Bertz CT molecular complexity index is 374. The van der Waals surface area contributed by atoms with E-state index in [1.807, 2.05) is 0 Å². The van der Waals surface area contributed by atoms with Crippen LogP contribution in [0.2, 0.25) is 0 Å². The van der Waals surface area contributed by atoms with Gasteiger partial charge in [-0.25, -0.2) is 0 Å². The van der Waals surface area contributed by atoms with Gasteiger partial charge in [-0.2, -0.15) is 5.10 Å². The molecule has 5 heteroatoms. The largest absolute Gasteiger partial charge is 0.476 e. The molecule has 0 aromatic carbocycles. The molecule has 1 aliphatic rings. The Labute approximate surface area is 94.5 Å². The van der Waals surface area contributed by atoms with Gasteiger partial charge in [-0.05, 0) is 24.8 Å². The molecule has 0 spiro atoms. The summed E-state index contributed by atoms with van der Waals surface area (Å²) >= 11 is 0. The van der Waals surface area contributed by atoms with Crippen LogP contribution in [0.25, 0.3) is 0 Å². The minimum absolute atomic E-state index is 0.0312. The fraction of sp³-hybridized carbons (Fsp3) is 0.545. The number of aromatic nitrogens is 2. The van der Waals surface area contributed by atoms with E-state index < -0.39 is 0 Å². The van der Waals surface area contributed by atoms with Crippen molar-refractivity contribution in [2.24, 2.45) is 11.7 Å². The normalized spacial score (nSPS) is 16.2. The summed E-state index contributed by atoms with van der Waals surface area (Å²) in [6.07, 6.45) is 6.52. The van der Waals surface area contributed by atoms with Crippen molar-refractivity contribution in [3.05, 3.63) is 17.8 Å². The number of nitrogens with two attached hydrogens (primary N) is 1. The molecule has 2 rings (SSSR count). The third kappa shape index (κ3) is 2.48. The summed E-state index contributed by atoms with van der Waals surface area (Å²) in [5, 5.41) is 15.0. The summed E-state index contributed by atoms with van der Waals surface area (Å²) in [6.45, 7) is 0.652. The first-order chi connectivity index (χ1) is 7.77. The average Bonchev–Trinajstić information content (AvgIpc) is 2.79. The van der Waals surface area contributed by atoms with Crippen LogP contribution in [0.5, 0.6) is 5.88 Å². The van der Waals surface area contributed by atoms with Crippen LogP contribution in [-0.4, -0.2) is 22.6 Å². The second-order valence-corrected chi connectivity index (χ2v) is 4.13. The van der Waals surface area contributed by atoms with Gasteiger partial charge in [0.15, 0.2) is 0 Å². The molecule has 5 nitrogen and oxygen atoms in total. The van der Waals surface area contributed by atoms with Gasteiger partial charge in [-0.3, -0.25) is 5.41 Å².